The third-order valence-electron chi connectivity index (χ3n) is 2.82. The van der Waals surface area contributed by atoms with E-state index in [4.69, 9.17) is 5.11 Å². The lowest BCUT2D eigenvalue weighted by Crippen LogP contribution is -2.40. The standard InChI is InChI=1S/C11H12N2O4/c14-9-6-7(3-4-12-9)10(15)13-5-1-2-8(13)11(16)17/h3-4,6,8H,1-2,5H2,(H,12,14)(H,16,17)/t8-/m0/s1. The summed E-state index contributed by atoms with van der Waals surface area (Å²) in [6.45, 7) is 0.419. The average Bonchev–Trinajstić information content (AvgIpc) is 2.77. The van der Waals surface area contributed by atoms with Crippen LogP contribution in [0.2, 0.25) is 0 Å². The Kier molecular flexibility index (Phi) is 2.95. The van der Waals surface area contributed by atoms with Crippen LogP contribution in [0, 0.1) is 0 Å². The first-order valence-electron chi connectivity index (χ1n) is 5.32. The molecule has 2 heterocycles. The van der Waals surface area contributed by atoms with Crippen LogP contribution in [0.5, 0.6) is 0 Å². The van der Waals surface area contributed by atoms with Gasteiger partial charge in [0.1, 0.15) is 6.04 Å². The van der Waals surface area contributed by atoms with E-state index >= 15 is 0 Å². The molecule has 1 aromatic rings. The zero-order valence-electron chi connectivity index (χ0n) is 9.05. The average molecular weight is 236 g/mol. The number of amides is 1. The Morgan fingerprint density at radius 1 is 1.47 bits per heavy atom. The Morgan fingerprint density at radius 3 is 2.88 bits per heavy atom. The molecular weight excluding hydrogens is 224 g/mol. The van der Waals surface area contributed by atoms with Gasteiger partial charge in [0.2, 0.25) is 5.56 Å². The topological polar surface area (TPSA) is 90.5 Å². The van der Waals surface area contributed by atoms with Crippen molar-refractivity contribution >= 4 is 11.9 Å². The number of likely N-dealkylation sites (tertiary alicyclic amines) is 1. The molecule has 1 aliphatic rings. The van der Waals surface area contributed by atoms with Gasteiger partial charge in [-0.15, -0.1) is 0 Å². The van der Waals surface area contributed by atoms with Gasteiger partial charge < -0.3 is 15.0 Å². The van der Waals surface area contributed by atoms with Gasteiger partial charge in [0, 0.05) is 24.4 Å². The number of nitrogens with zero attached hydrogens (tertiary/aromatic N) is 1. The van der Waals surface area contributed by atoms with Crippen molar-refractivity contribution in [1.29, 1.82) is 0 Å². The molecule has 1 aromatic heterocycles. The van der Waals surface area contributed by atoms with Crippen LogP contribution in [0.25, 0.3) is 0 Å². The molecular formula is C11H12N2O4. The highest BCUT2D eigenvalue weighted by molar-refractivity contribution is 5.96. The normalized spacial score (nSPS) is 19.3. The Bertz CT molecular complexity index is 508. The highest BCUT2D eigenvalue weighted by Crippen LogP contribution is 2.19. The van der Waals surface area contributed by atoms with Gasteiger partial charge in [-0.1, -0.05) is 0 Å². The van der Waals surface area contributed by atoms with E-state index in [2.05, 4.69) is 4.98 Å². The lowest BCUT2D eigenvalue weighted by Gasteiger charge is -2.21. The molecule has 1 fully saturated rings. The summed E-state index contributed by atoms with van der Waals surface area (Å²) >= 11 is 0. The Morgan fingerprint density at radius 2 is 2.24 bits per heavy atom. The monoisotopic (exact) mass is 236 g/mol. The van der Waals surface area contributed by atoms with Crippen LogP contribution >= 0.6 is 0 Å². The van der Waals surface area contributed by atoms with Gasteiger partial charge in [0.15, 0.2) is 0 Å². The van der Waals surface area contributed by atoms with Gasteiger partial charge in [-0.3, -0.25) is 9.59 Å². The minimum atomic E-state index is -0.999. The number of rotatable bonds is 2. The number of carboxylic acids is 1. The number of carbonyl (C=O) groups excluding carboxylic acids is 1. The van der Waals surface area contributed by atoms with E-state index in [1.54, 1.807) is 0 Å². The van der Waals surface area contributed by atoms with Crippen molar-refractivity contribution in [3.8, 4) is 0 Å². The van der Waals surface area contributed by atoms with Crippen LogP contribution in [0.4, 0.5) is 0 Å². The highest BCUT2D eigenvalue weighted by Gasteiger charge is 2.34. The van der Waals surface area contributed by atoms with Crippen LogP contribution in [-0.4, -0.2) is 39.5 Å². The number of aromatic nitrogens is 1. The van der Waals surface area contributed by atoms with Crippen molar-refractivity contribution < 1.29 is 14.7 Å². The summed E-state index contributed by atoms with van der Waals surface area (Å²) in [5, 5.41) is 8.97. The fourth-order valence-corrected chi connectivity index (χ4v) is 2.01. The molecule has 0 spiro atoms. The number of aromatic amines is 1. The highest BCUT2D eigenvalue weighted by atomic mass is 16.4. The van der Waals surface area contributed by atoms with Gasteiger partial charge in [-0.05, 0) is 18.9 Å². The molecule has 0 bridgehead atoms. The molecule has 17 heavy (non-hydrogen) atoms. The quantitative estimate of drug-likeness (QED) is 0.759. The van der Waals surface area contributed by atoms with E-state index in [0.717, 1.165) is 0 Å². The molecule has 1 aliphatic heterocycles. The molecule has 1 saturated heterocycles. The van der Waals surface area contributed by atoms with E-state index < -0.39 is 17.9 Å². The smallest absolute Gasteiger partial charge is 0.326 e. The molecule has 1 amide bonds. The molecule has 2 rings (SSSR count). The minimum Gasteiger partial charge on any atom is -0.480 e. The SMILES string of the molecule is O=C(O)[C@@H]1CCCN1C(=O)c1cc[nH]c(=O)c1. The van der Waals surface area contributed by atoms with E-state index in [1.807, 2.05) is 0 Å². The Balaban J connectivity index is 2.26. The zero-order chi connectivity index (χ0) is 12.4. The summed E-state index contributed by atoms with van der Waals surface area (Å²) in [6.07, 6.45) is 2.51. The zero-order valence-corrected chi connectivity index (χ0v) is 9.05. The number of carbonyl (C=O) groups is 2. The fourth-order valence-electron chi connectivity index (χ4n) is 2.01. The number of hydrogen-bond acceptors (Lipinski definition) is 3. The number of hydrogen-bond donors (Lipinski definition) is 2. The molecule has 1 atom stereocenters. The molecule has 90 valence electrons. The second-order valence-corrected chi connectivity index (χ2v) is 3.94. The van der Waals surface area contributed by atoms with E-state index in [1.165, 1.54) is 23.2 Å². The van der Waals surface area contributed by atoms with Gasteiger partial charge in [0.25, 0.3) is 5.91 Å². The van der Waals surface area contributed by atoms with Crippen LogP contribution in [-0.2, 0) is 4.79 Å². The number of carboxylic acid groups (broad SMARTS) is 1. The second kappa shape index (κ2) is 4.40. The third kappa shape index (κ3) is 2.20. The first kappa shape index (κ1) is 11.4. The van der Waals surface area contributed by atoms with Crippen molar-refractivity contribution in [3.05, 3.63) is 34.2 Å². The molecule has 0 saturated carbocycles. The Labute approximate surface area is 96.9 Å². The maximum absolute atomic E-state index is 12.0. The summed E-state index contributed by atoms with van der Waals surface area (Å²) in [4.78, 5) is 37.8. The summed E-state index contributed by atoms with van der Waals surface area (Å²) in [5.74, 6) is -1.40. The van der Waals surface area contributed by atoms with Crippen molar-refractivity contribution in [2.45, 2.75) is 18.9 Å². The first-order valence-corrected chi connectivity index (χ1v) is 5.32. The number of nitrogens with one attached hydrogen (secondary N) is 1. The Hall–Kier alpha value is -2.11. The fraction of sp³-hybridized carbons (Fsp3) is 0.364. The van der Waals surface area contributed by atoms with Gasteiger partial charge in [0.05, 0.1) is 0 Å². The number of aliphatic carboxylic acids is 1. The van der Waals surface area contributed by atoms with Gasteiger partial charge in [-0.25, -0.2) is 4.79 Å². The molecule has 0 aliphatic carbocycles. The molecule has 6 nitrogen and oxygen atoms in total. The van der Waals surface area contributed by atoms with Crippen LogP contribution < -0.4 is 5.56 Å². The molecule has 0 radical (unpaired) electrons. The summed E-state index contributed by atoms with van der Waals surface area (Å²) in [7, 11) is 0. The largest absolute Gasteiger partial charge is 0.480 e. The van der Waals surface area contributed by atoms with Crippen molar-refractivity contribution in [3.63, 3.8) is 0 Å². The molecule has 0 unspecified atom stereocenters. The van der Waals surface area contributed by atoms with Crippen molar-refractivity contribution in [1.82, 2.24) is 9.88 Å². The van der Waals surface area contributed by atoms with Gasteiger partial charge in [-0.2, -0.15) is 0 Å². The minimum absolute atomic E-state index is 0.224. The summed E-state index contributed by atoms with van der Waals surface area (Å²) in [5.41, 5.74) is -0.149. The molecule has 2 N–H and O–H groups in total. The predicted molar refractivity (Wildman–Crippen MR) is 58.8 cm³/mol. The molecule has 6 heteroatoms. The van der Waals surface area contributed by atoms with E-state index in [-0.39, 0.29) is 11.1 Å². The molecule has 0 aromatic carbocycles. The van der Waals surface area contributed by atoms with E-state index in [9.17, 15) is 14.4 Å². The first-order chi connectivity index (χ1) is 8.09. The lowest BCUT2D eigenvalue weighted by atomic mass is 10.2. The second-order valence-electron chi connectivity index (χ2n) is 3.94. The van der Waals surface area contributed by atoms with Crippen molar-refractivity contribution in [2.24, 2.45) is 0 Å². The number of pyridine rings is 1. The van der Waals surface area contributed by atoms with E-state index in [0.29, 0.717) is 19.4 Å². The predicted octanol–water partition coefficient (Wildman–Crippen LogP) is 0.0641. The maximum Gasteiger partial charge on any atom is 0.326 e. The third-order valence-corrected chi connectivity index (χ3v) is 2.82. The summed E-state index contributed by atoms with van der Waals surface area (Å²) < 4.78 is 0. The maximum atomic E-state index is 12.0. The van der Waals surface area contributed by atoms with Crippen molar-refractivity contribution in [2.75, 3.05) is 6.54 Å². The summed E-state index contributed by atoms with van der Waals surface area (Å²) in [6, 6.07) is 1.88. The van der Waals surface area contributed by atoms with Crippen LogP contribution in [0.1, 0.15) is 23.2 Å². The van der Waals surface area contributed by atoms with Crippen LogP contribution in [0.3, 0.4) is 0 Å². The lowest BCUT2D eigenvalue weighted by molar-refractivity contribution is -0.141. The van der Waals surface area contributed by atoms with Crippen LogP contribution in [0.15, 0.2) is 23.1 Å². The number of H-pyrrole nitrogens is 1. The van der Waals surface area contributed by atoms with Gasteiger partial charge >= 0.3 is 5.97 Å².